The minimum atomic E-state index is 0.236. The van der Waals surface area contributed by atoms with Crippen molar-refractivity contribution < 1.29 is 14.3 Å². The second-order valence-electron chi connectivity index (χ2n) is 4.77. The Balaban J connectivity index is 1.77. The normalized spacial score (nSPS) is 14.9. The largest absolute Gasteiger partial charge is 0.508 e. The lowest BCUT2D eigenvalue weighted by Crippen LogP contribution is -2.26. The Bertz CT molecular complexity index is 571. The van der Waals surface area contributed by atoms with Gasteiger partial charge in [0.2, 0.25) is 6.41 Å². The van der Waals surface area contributed by atoms with Crippen LogP contribution >= 0.6 is 0 Å². The van der Waals surface area contributed by atoms with Gasteiger partial charge in [0.25, 0.3) is 0 Å². The second kappa shape index (κ2) is 4.37. The number of amides is 1. The van der Waals surface area contributed by atoms with Crippen molar-refractivity contribution in [2.45, 2.75) is 25.3 Å². The fourth-order valence-electron chi connectivity index (χ4n) is 2.24. The Morgan fingerprint density at radius 2 is 2.28 bits per heavy atom. The van der Waals surface area contributed by atoms with Gasteiger partial charge in [-0.15, -0.1) is 0 Å². The summed E-state index contributed by atoms with van der Waals surface area (Å²) in [5.74, 6) is 0.236. The van der Waals surface area contributed by atoms with Crippen LogP contribution < -0.4 is 0 Å². The number of carbonyl (C=O) groups is 1. The molecular weight excluding hydrogens is 230 g/mol. The summed E-state index contributed by atoms with van der Waals surface area (Å²) in [5.41, 5.74) is 1.81. The molecular formula is C14H15NO3. The maximum absolute atomic E-state index is 10.9. The summed E-state index contributed by atoms with van der Waals surface area (Å²) >= 11 is 0. The number of nitrogens with zero attached hydrogens (tertiary/aromatic N) is 1. The summed E-state index contributed by atoms with van der Waals surface area (Å²) in [6.07, 6.45) is 5.63. The van der Waals surface area contributed by atoms with Gasteiger partial charge in [0, 0.05) is 23.5 Å². The number of aromatic hydroxyl groups is 1. The van der Waals surface area contributed by atoms with Crippen molar-refractivity contribution in [3.63, 3.8) is 0 Å². The summed E-state index contributed by atoms with van der Waals surface area (Å²) in [6.45, 7) is 0.707. The van der Waals surface area contributed by atoms with Crippen molar-refractivity contribution in [1.29, 1.82) is 0 Å². The molecule has 2 aromatic rings. The van der Waals surface area contributed by atoms with E-state index in [4.69, 9.17) is 4.42 Å². The number of hydrogen-bond acceptors (Lipinski definition) is 3. The zero-order chi connectivity index (χ0) is 12.5. The number of phenolic OH excluding ortho intramolecular Hbond substituents is 1. The molecule has 3 rings (SSSR count). The van der Waals surface area contributed by atoms with Crippen LogP contribution in [0.4, 0.5) is 0 Å². The Kier molecular flexibility index (Phi) is 2.70. The summed E-state index contributed by atoms with van der Waals surface area (Å²) in [4.78, 5) is 12.8. The number of furan rings is 1. The average molecular weight is 245 g/mol. The first-order valence-corrected chi connectivity index (χ1v) is 6.18. The molecule has 4 nitrogen and oxygen atoms in total. The monoisotopic (exact) mass is 245 g/mol. The smallest absolute Gasteiger partial charge is 0.209 e. The molecule has 1 heterocycles. The van der Waals surface area contributed by atoms with Crippen LogP contribution in [0.15, 0.2) is 28.9 Å². The number of hydrogen-bond donors (Lipinski definition) is 1. The Morgan fingerprint density at radius 3 is 3.00 bits per heavy atom. The molecule has 1 aromatic carbocycles. The zero-order valence-electron chi connectivity index (χ0n) is 10.0. The Morgan fingerprint density at radius 1 is 1.44 bits per heavy atom. The minimum Gasteiger partial charge on any atom is -0.508 e. The van der Waals surface area contributed by atoms with Crippen LogP contribution in [-0.4, -0.2) is 29.0 Å². The third-order valence-electron chi connectivity index (χ3n) is 3.43. The van der Waals surface area contributed by atoms with Gasteiger partial charge in [0.05, 0.1) is 6.26 Å². The van der Waals surface area contributed by atoms with Gasteiger partial charge in [-0.3, -0.25) is 4.79 Å². The first-order valence-electron chi connectivity index (χ1n) is 6.18. The van der Waals surface area contributed by atoms with Gasteiger partial charge in [0.15, 0.2) is 0 Å². The molecule has 0 aliphatic heterocycles. The third-order valence-corrected chi connectivity index (χ3v) is 3.43. The van der Waals surface area contributed by atoms with E-state index in [0.717, 1.165) is 42.2 Å². The molecule has 1 amide bonds. The van der Waals surface area contributed by atoms with E-state index in [0.29, 0.717) is 12.6 Å². The first kappa shape index (κ1) is 11.1. The summed E-state index contributed by atoms with van der Waals surface area (Å²) in [7, 11) is 0. The van der Waals surface area contributed by atoms with E-state index in [1.165, 1.54) is 0 Å². The lowest BCUT2D eigenvalue weighted by atomic mass is 10.1. The second-order valence-corrected chi connectivity index (χ2v) is 4.77. The van der Waals surface area contributed by atoms with E-state index in [2.05, 4.69) is 0 Å². The predicted octanol–water partition coefficient (Wildman–Crippen LogP) is 2.30. The highest BCUT2D eigenvalue weighted by Crippen LogP contribution is 2.28. The number of carbonyl (C=O) groups excluding carboxylic acids is 1. The van der Waals surface area contributed by atoms with Crippen LogP contribution in [0.2, 0.25) is 0 Å². The molecule has 1 aromatic heterocycles. The zero-order valence-corrected chi connectivity index (χ0v) is 10.0. The van der Waals surface area contributed by atoms with Crippen molar-refractivity contribution in [3.8, 4) is 5.75 Å². The molecule has 1 saturated carbocycles. The van der Waals surface area contributed by atoms with Crippen molar-refractivity contribution >= 4 is 17.4 Å². The molecule has 0 spiro atoms. The molecule has 0 atom stereocenters. The van der Waals surface area contributed by atoms with Crippen molar-refractivity contribution in [2.75, 3.05) is 6.54 Å². The van der Waals surface area contributed by atoms with Crippen LogP contribution in [0.5, 0.6) is 5.75 Å². The van der Waals surface area contributed by atoms with E-state index >= 15 is 0 Å². The fourth-order valence-corrected chi connectivity index (χ4v) is 2.24. The third kappa shape index (κ3) is 2.06. The van der Waals surface area contributed by atoms with E-state index in [-0.39, 0.29) is 5.75 Å². The molecule has 1 fully saturated rings. The van der Waals surface area contributed by atoms with Gasteiger partial charge in [-0.25, -0.2) is 0 Å². The number of fused-ring (bicyclic) bond motifs is 1. The highest BCUT2D eigenvalue weighted by atomic mass is 16.3. The molecule has 1 N–H and O–H groups in total. The molecule has 1 aliphatic carbocycles. The Hall–Kier alpha value is -1.97. The van der Waals surface area contributed by atoms with E-state index in [9.17, 15) is 9.90 Å². The van der Waals surface area contributed by atoms with Crippen LogP contribution in [0.25, 0.3) is 11.0 Å². The summed E-state index contributed by atoms with van der Waals surface area (Å²) in [6, 6.07) is 5.51. The maximum atomic E-state index is 10.9. The number of rotatable bonds is 5. The quantitative estimate of drug-likeness (QED) is 0.822. The van der Waals surface area contributed by atoms with Crippen molar-refractivity contribution in [2.24, 2.45) is 0 Å². The van der Waals surface area contributed by atoms with Gasteiger partial charge >= 0.3 is 0 Å². The van der Waals surface area contributed by atoms with E-state index < -0.39 is 0 Å². The maximum Gasteiger partial charge on any atom is 0.209 e. The van der Waals surface area contributed by atoms with E-state index in [1.807, 2.05) is 4.90 Å². The molecule has 0 unspecified atom stereocenters. The molecule has 0 bridgehead atoms. The van der Waals surface area contributed by atoms with Crippen LogP contribution in [0.3, 0.4) is 0 Å². The summed E-state index contributed by atoms with van der Waals surface area (Å²) in [5, 5.41) is 10.4. The SMILES string of the molecule is O=CN(CCc1coc2ccc(O)cc12)C1CC1. The van der Waals surface area contributed by atoms with Gasteiger partial charge in [-0.05, 0) is 37.5 Å². The van der Waals surface area contributed by atoms with E-state index in [1.54, 1.807) is 24.5 Å². The van der Waals surface area contributed by atoms with Gasteiger partial charge in [-0.1, -0.05) is 0 Å². The fraction of sp³-hybridized carbons (Fsp3) is 0.357. The molecule has 18 heavy (non-hydrogen) atoms. The van der Waals surface area contributed by atoms with Crippen LogP contribution in [0.1, 0.15) is 18.4 Å². The average Bonchev–Trinajstić information content (AvgIpc) is 3.13. The number of benzene rings is 1. The lowest BCUT2D eigenvalue weighted by molar-refractivity contribution is -0.118. The van der Waals surface area contributed by atoms with Crippen molar-refractivity contribution in [3.05, 3.63) is 30.0 Å². The first-order chi connectivity index (χ1) is 8.78. The van der Waals surface area contributed by atoms with Crippen molar-refractivity contribution in [1.82, 2.24) is 4.90 Å². The van der Waals surface area contributed by atoms with Gasteiger partial charge in [0.1, 0.15) is 11.3 Å². The molecule has 94 valence electrons. The van der Waals surface area contributed by atoms with Gasteiger partial charge in [-0.2, -0.15) is 0 Å². The highest BCUT2D eigenvalue weighted by Gasteiger charge is 2.27. The highest BCUT2D eigenvalue weighted by molar-refractivity contribution is 5.82. The minimum absolute atomic E-state index is 0.236. The van der Waals surface area contributed by atoms with Gasteiger partial charge < -0.3 is 14.4 Å². The summed E-state index contributed by atoms with van der Waals surface area (Å²) < 4.78 is 5.43. The molecule has 1 aliphatic rings. The molecule has 4 heteroatoms. The molecule has 0 radical (unpaired) electrons. The molecule has 0 saturated heterocycles. The standard InChI is InChI=1S/C14H15NO3/c16-9-15(11-1-2-11)6-5-10-8-18-14-4-3-12(17)7-13(10)14/h3-4,7-9,11,17H,1-2,5-6H2. The van der Waals surface area contributed by atoms with Crippen LogP contribution in [0, 0.1) is 0 Å². The number of phenols is 1. The topological polar surface area (TPSA) is 53.7 Å². The predicted molar refractivity (Wildman–Crippen MR) is 67.4 cm³/mol. The Labute approximate surface area is 105 Å². The van der Waals surface area contributed by atoms with Crippen LogP contribution in [-0.2, 0) is 11.2 Å². The lowest BCUT2D eigenvalue weighted by Gasteiger charge is -2.15.